The van der Waals surface area contributed by atoms with Gasteiger partial charge < -0.3 is 14.6 Å². The molecule has 0 radical (unpaired) electrons. The molecule has 0 aliphatic carbocycles. The number of piperidine rings is 1. The van der Waals surface area contributed by atoms with Gasteiger partial charge >= 0.3 is 6.09 Å². The Morgan fingerprint density at radius 2 is 1.90 bits per heavy atom. The molecule has 0 bridgehead atoms. The third-order valence-corrected chi connectivity index (χ3v) is 8.33. The Morgan fingerprint density at radius 3 is 2.65 bits per heavy atom. The Bertz CT molecular complexity index is 1180. The summed E-state index contributed by atoms with van der Waals surface area (Å²) in [6.07, 6.45) is 7.76. The van der Waals surface area contributed by atoms with Gasteiger partial charge in [0.2, 0.25) is 10.0 Å². The number of nitrogens with one attached hydrogen (secondary N) is 1. The fourth-order valence-corrected chi connectivity index (χ4v) is 6.17. The van der Waals surface area contributed by atoms with Gasteiger partial charge in [-0.05, 0) is 48.6 Å². The maximum absolute atomic E-state index is 13.0. The molecule has 2 aliphatic heterocycles. The van der Waals surface area contributed by atoms with Crippen LogP contribution in [-0.2, 0) is 10.0 Å². The van der Waals surface area contributed by atoms with Gasteiger partial charge in [0.15, 0.2) is 5.75 Å². The highest BCUT2D eigenvalue weighted by atomic mass is 32.2. The van der Waals surface area contributed by atoms with E-state index < -0.39 is 21.4 Å². The van der Waals surface area contributed by atoms with Gasteiger partial charge in [-0.1, -0.05) is 0 Å². The fourth-order valence-electron chi connectivity index (χ4n) is 4.30. The second kappa shape index (κ2) is 7.93. The number of likely N-dealkylation sites (tertiary alicyclic amines) is 1. The topological polar surface area (TPSA) is 108 Å². The Labute approximate surface area is 180 Å². The van der Waals surface area contributed by atoms with E-state index in [1.165, 1.54) is 16.7 Å². The number of aromatic nitrogens is 3. The second-order valence-corrected chi connectivity index (χ2v) is 10.2. The van der Waals surface area contributed by atoms with Crippen LogP contribution < -0.4 is 4.74 Å². The van der Waals surface area contributed by atoms with Crippen molar-refractivity contribution in [1.82, 2.24) is 24.2 Å². The first-order valence-electron chi connectivity index (χ1n) is 10.3. The summed E-state index contributed by atoms with van der Waals surface area (Å²) < 4.78 is 32.8. The predicted molar refractivity (Wildman–Crippen MR) is 114 cm³/mol. The van der Waals surface area contributed by atoms with Crippen molar-refractivity contribution >= 4 is 27.1 Å². The zero-order chi connectivity index (χ0) is 21.4. The smallest absolute Gasteiger partial charge is 0.409 e. The lowest BCUT2D eigenvalue weighted by molar-refractivity contribution is 0.124. The molecule has 2 fully saturated rings. The molecule has 0 unspecified atom stereocenters. The standard InChI is InChI=1S/C21H23N5O4S/c27-21(30-16-3-1-7-22-11-16)25-13-17(14-25)31(28,29)26-9-5-15(6-10-26)19-12-24-20-18(19)4-2-8-23-20/h1-4,7-8,11-12,15,17H,5-6,9-10,13-14H2,(H,23,24). The van der Waals surface area contributed by atoms with Gasteiger partial charge in [-0.25, -0.2) is 22.5 Å². The summed E-state index contributed by atoms with van der Waals surface area (Å²) in [6.45, 7) is 1.26. The van der Waals surface area contributed by atoms with Crippen LogP contribution in [0.25, 0.3) is 11.0 Å². The van der Waals surface area contributed by atoms with Crippen LogP contribution in [0, 0.1) is 0 Å². The van der Waals surface area contributed by atoms with E-state index in [9.17, 15) is 13.2 Å². The second-order valence-electron chi connectivity index (χ2n) is 7.95. The molecule has 5 heterocycles. The Morgan fingerprint density at radius 1 is 1.13 bits per heavy atom. The molecule has 1 amide bonds. The molecular weight excluding hydrogens is 418 g/mol. The molecule has 162 valence electrons. The van der Waals surface area contributed by atoms with E-state index in [1.54, 1.807) is 28.8 Å². The first-order valence-corrected chi connectivity index (χ1v) is 11.8. The van der Waals surface area contributed by atoms with Crippen LogP contribution in [0.15, 0.2) is 49.1 Å². The van der Waals surface area contributed by atoms with Crippen molar-refractivity contribution in [3.05, 3.63) is 54.6 Å². The molecule has 3 aromatic rings. The molecule has 2 aliphatic rings. The van der Waals surface area contributed by atoms with Crippen molar-refractivity contribution < 1.29 is 17.9 Å². The quantitative estimate of drug-likeness (QED) is 0.666. The van der Waals surface area contributed by atoms with Gasteiger partial charge in [0, 0.05) is 50.2 Å². The van der Waals surface area contributed by atoms with Crippen LogP contribution >= 0.6 is 0 Å². The average Bonchev–Trinajstić information content (AvgIpc) is 3.17. The molecule has 10 heteroatoms. The van der Waals surface area contributed by atoms with Crippen molar-refractivity contribution in [2.75, 3.05) is 26.2 Å². The summed E-state index contributed by atoms with van der Waals surface area (Å²) in [5.74, 6) is 0.644. The number of nitrogens with zero attached hydrogens (tertiary/aromatic N) is 4. The number of fused-ring (bicyclic) bond motifs is 1. The SMILES string of the molecule is O=C(Oc1cccnc1)N1CC(S(=O)(=O)N2CCC(c3c[nH]c4ncccc34)CC2)C1. The van der Waals surface area contributed by atoms with Crippen molar-refractivity contribution in [1.29, 1.82) is 0 Å². The van der Waals surface area contributed by atoms with Crippen molar-refractivity contribution in [2.24, 2.45) is 0 Å². The minimum absolute atomic E-state index is 0.148. The molecular formula is C21H23N5O4S. The summed E-state index contributed by atoms with van der Waals surface area (Å²) >= 11 is 0. The number of carbonyl (C=O) groups is 1. The summed E-state index contributed by atoms with van der Waals surface area (Å²) in [6, 6.07) is 7.26. The number of sulfonamides is 1. The summed E-state index contributed by atoms with van der Waals surface area (Å²) in [5.41, 5.74) is 2.06. The minimum atomic E-state index is -3.45. The molecule has 0 aromatic carbocycles. The summed E-state index contributed by atoms with van der Waals surface area (Å²) in [7, 11) is -3.45. The Kier molecular flexibility index (Phi) is 5.11. The first kappa shape index (κ1) is 20.0. The average molecular weight is 442 g/mol. The number of aromatic amines is 1. The van der Waals surface area contributed by atoms with Crippen molar-refractivity contribution in [2.45, 2.75) is 24.0 Å². The third-order valence-electron chi connectivity index (χ3n) is 6.10. The number of pyridine rings is 2. The Hall–Kier alpha value is -2.98. The number of rotatable bonds is 4. The van der Waals surface area contributed by atoms with Crippen molar-refractivity contribution in [3.63, 3.8) is 0 Å². The van der Waals surface area contributed by atoms with Gasteiger partial charge in [0.1, 0.15) is 10.9 Å². The van der Waals surface area contributed by atoms with Gasteiger partial charge in [0.25, 0.3) is 0 Å². The lowest BCUT2D eigenvalue weighted by Gasteiger charge is -2.41. The monoisotopic (exact) mass is 441 g/mol. The number of amides is 1. The fraction of sp³-hybridized carbons (Fsp3) is 0.381. The van der Waals surface area contributed by atoms with Crippen molar-refractivity contribution in [3.8, 4) is 5.75 Å². The van der Waals surface area contributed by atoms with Crippen LogP contribution in [0.3, 0.4) is 0 Å². The van der Waals surface area contributed by atoms with E-state index in [0.717, 1.165) is 23.9 Å². The van der Waals surface area contributed by atoms with E-state index in [0.29, 0.717) is 24.8 Å². The number of hydrogen-bond donors (Lipinski definition) is 1. The number of hydrogen-bond acceptors (Lipinski definition) is 6. The van der Waals surface area contributed by atoms with Gasteiger partial charge in [-0.2, -0.15) is 0 Å². The first-order chi connectivity index (χ1) is 15.0. The molecule has 3 aromatic heterocycles. The predicted octanol–water partition coefficient (Wildman–Crippen LogP) is 2.35. The van der Waals surface area contributed by atoms with Crippen LogP contribution in [0.5, 0.6) is 5.75 Å². The van der Waals surface area contributed by atoms with E-state index in [2.05, 4.69) is 15.0 Å². The molecule has 0 atom stereocenters. The highest BCUT2D eigenvalue weighted by Gasteiger charge is 2.44. The molecule has 5 rings (SSSR count). The van der Waals surface area contributed by atoms with E-state index in [-0.39, 0.29) is 13.1 Å². The Balaban J connectivity index is 1.17. The molecule has 0 saturated carbocycles. The third kappa shape index (κ3) is 3.77. The van der Waals surface area contributed by atoms with Gasteiger partial charge in [0.05, 0.1) is 6.20 Å². The zero-order valence-electron chi connectivity index (χ0n) is 16.8. The van der Waals surface area contributed by atoms with Crippen LogP contribution in [0.2, 0.25) is 0 Å². The minimum Gasteiger partial charge on any atom is -0.409 e. The summed E-state index contributed by atoms with van der Waals surface area (Å²) in [5, 5.41) is 0.522. The number of H-pyrrole nitrogens is 1. The zero-order valence-corrected chi connectivity index (χ0v) is 17.7. The largest absolute Gasteiger partial charge is 0.415 e. The number of carbonyl (C=O) groups excluding carboxylic acids is 1. The van der Waals surface area contributed by atoms with Gasteiger partial charge in [-0.15, -0.1) is 0 Å². The lowest BCUT2D eigenvalue weighted by atomic mass is 9.90. The maximum Gasteiger partial charge on any atom is 0.415 e. The summed E-state index contributed by atoms with van der Waals surface area (Å²) in [4.78, 5) is 25.0. The van der Waals surface area contributed by atoms with E-state index in [1.807, 2.05) is 18.3 Å². The highest BCUT2D eigenvalue weighted by Crippen LogP contribution is 2.34. The number of ether oxygens (including phenoxy) is 1. The van der Waals surface area contributed by atoms with Gasteiger partial charge in [-0.3, -0.25) is 4.98 Å². The molecule has 1 N–H and O–H groups in total. The maximum atomic E-state index is 13.0. The molecule has 2 saturated heterocycles. The molecule has 9 nitrogen and oxygen atoms in total. The van der Waals surface area contributed by atoms with Crippen LogP contribution in [-0.4, -0.2) is 70.1 Å². The molecule has 31 heavy (non-hydrogen) atoms. The van der Waals surface area contributed by atoms with E-state index in [4.69, 9.17) is 4.74 Å². The van der Waals surface area contributed by atoms with Crippen LogP contribution in [0.1, 0.15) is 24.3 Å². The normalized spacial score (nSPS) is 18.8. The molecule has 0 spiro atoms. The highest BCUT2D eigenvalue weighted by molar-refractivity contribution is 7.89. The van der Waals surface area contributed by atoms with Crippen LogP contribution in [0.4, 0.5) is 4.79 Å². The van der Waals surface area contributed by atoms with E-state index >= 15 is 0 Å². The lowest BCUT2D eigenvalue weighted by Crippen LogP contribution is -2.61.